The monoisotopic (exact) mass is 598 g/mol. The topological polar surface area (TPSA) is 58.6 Å². The maximum atomic E-state index is 13.8. The largest absolute Gasteiger partial charge is 0.483 e. The molecule has 0 aliphatic heterocycles. The van der Waals surface area contributed by atoms with E-state index in [4.69, 9.17) is 16.3 Å². The number of halogens is 2. The third-order valence-corrected chi connectivity index (χ3v) is 7.22. The minimum atomic E-state index is -0.740. The number of hydrogen-bond acceptors (Lipinski definition) is 3. The van der Waals surface area contributed by atoms with Crippen LogP contribution in [0.3, 0.4) is 0 Å². The molecule has 0 heterocycles. The molecule has 0 bridgehead atoms. The number of nitrogens with one attached hydrogen (secondary N) is 1. The molecule has 0 spiro atoms. The van der Waals surface area contributed by atoms with E-state index >= 15 is 0 Å². The van der Waals surface area contributed by atoms with Crippen LogP contribution in [0.2, 0.25) is 5.02 Å². The van der Waals surface area contributed by atoms with Crippen molar-refractivity contribution in [2.45, 2.75) is 52.6 Å². The van der Waals surface area contributed by atoms with Gasteiger partial charge in [0.1, 0.15) is 11.8 Å². The van der Waals surface area contributed by atoms with Crippen molar-refractivity contribution in [3.63, 3.8) is 0 Å². The molecule has 0 aliphatic carbocycles. The number of hydrogen-bond donors (Lipinski definition) is 1. The van der Waals surface area contributed by atoms with Gasteiger partial charge >= 0.3 is 0 Å². The van der Waals surface area contributed by atoms with E-state index in [1.807, 2.05) is 80.6 Å². The van der Waals surface area contributed by atoms with Crippen molar-refractivity contribution in [1.82, 2.24) is 10.2 Å². The van der Waals surface area contributed by atoms with Gasteiger partial charge < -0.3 is 15.0 Å². The highest BCUT2D eigenvalue weighted by Gasteiger charge is 2.31. The van der Waals surface area contributed by atoms with Gasteiger partial charge in [0.05, 0.1) is 4.47 Å². The van der Waals surface area contributed by atoms with Crippen LogP contribution in [-0.4, -0.2) is 35.9 Å². The first-order valence-electron chi connectivity index (χ1n) is 12.9. The summed E-state index contributed by atoms with van der Waals surface area (Å²) in [6, 6.07) is 22.2. The van der Waals surface area contributed by atoms with Crippen molar-refractivity contribution in [2.75, 3.05) is 13.2 Å². The highest BCUT2D eigenvalue weighted by Crippen LogP contribution is 2.29. The third kappa shape index (κ3) is 8.60. The van der Waals surface area contributed by atoms with Crippen molar-refractivity contribution >= 4 is 39.3 Å². The second-order valence-electron chi connectivity index (χ2n) is 10.1. The first kappa shape index (κ1) is 29.7. The minimum absolute atomic E-state index is 0.182. The fourth-order valence-electron chi connectivity index (χ4n) is 4.00. The molecule has 38 heavy (non-hydrogen) atoms. The Balaban J connectivity index is 1.91. The summed E-state index contributed by atoms with van der Waals surface area (Å²) in [4.78, 5) is 28.9. The Bertz CT molecular complexity index is 1220. The molecule has 0 fully saturated rings. The van der Waals surface area contributed by atoms with Gasteiger partial charge in [-0.05, 0) is 62.7 Å². The molecular weight excluding hydrogens is 564 g/mol. The van der Waals surface area contributed by atoms with Crippen LogP contribution in [0.25, 0.3) is 0 Å². The Labute approximate surface area is 239 Å². The SMILES string of the molecule is CC(C)CNC(=O)[C@H](Cc1ccccc1)N(Cc1ccccc1Cl)C(=O)COc1ccc(C(C)C)cc1Br. The third-order valence-electron chi connectivity index (χ3n) is 6.23. The van der Waals surface area contributed by atoms with Crippen molar-refractivity contribution in [2.24, 2.45) is 5.92 Å². The van der Waals surface area contributed by atoms with E-state index in [9.17, 15) is 9.59 Å². The normalized spacial score (nSPS) is 11.9. The molecule has 2 amide bonds. The Morgan fingerprint density at radius 2 is 1.66 bits per heavy atom. The van der Waals surface area contributed by atoms with Crippen molar-refractivity contribution < 1.29 is 14.3 Å². The quantitative estimate of drug-likeness (QED) is 0.243. The van der Waals surface area contributed by atoms with E-state index in [1.54, 1.807) is 11.0 Å². The van der Waals surface area contributed by atoms with Gasteiger partial charge in [-0.1, -0.05) is 93.9 Å². The van der Waals surface area contributed by atoms with Gasteiger partial charge in [0.2, 0.25) is 5.91 Å². The van der Waals surface area contributed by atoms with Gasteiger partial charge in [0, 0.05) is 24.5 Å². The number of benzene rings is 3. The summed E-state index contributed by atoms with van der Waals surface area (Å²) in [5.74, 6) is 0.717. The minimum Gasteiger partial charge on any atom is -0.483 e. The van der Waals surface area contributed by atoms with E-state index in [1.165, 1.54) is 5.56 Å². The first-order valence-corrected chi connectivity index (χ1v) is 14.1. The lowest BCUT2D eigenvalue weighted by Gasteiger charge is -2.32. The second-order valence-corrected chi connectivity index (χ2v) is 11.4. The van der Waals surface area contributed by atoms with Crippen LogP contribution in [0.15, 0.2) is 77.3 Å². The van der Waals surface area contributed by atoms with Crippen LogP contribution in [0.5, 0.6) is 5.75 Å². The zero-order chi connectivity index (χ0) is 27.7. The molecule has 3 aromatic carbocycles. The lowest BCUT2D eigenvalue weighted by molar-refractivity contribution is -0.142. The summed E-state index contributed by atoms with van der Waals surface area (Å²) in [5.41, 5.74) is 2.89. The summed E-state index contributed by atoms with van der Waals surface area (Å²) in [5, 5.41) is 3.56. The molecule has 3 rings (SSSR count). The highest BCUT2D eigenvalue weighted by molar-refractivity contribution is 9.10. The van der Waals surface area contributed by atoms with E-state index in [-0.39, 0.29) is 30.9 Å². The van der Waals surface area contributed by atoms with Gasteiger partial charge in [-0.2, -0.15) is 0 Å². The van der Waals surface area contributed by atoms with Crippen LogP contribution < -0.4 is 10.1 Å². The fourth-order valence-corrected chi connectivity index (χ4v) is 4.71. The summed E-state index contributed by atoms with van der Waals surface area (Å²) >= 11 is 10.0. The maximum absolute atomic E-state index is 13.8. The molecule has 0 aliphatic rings. The molecule has 5 nitrogen and oxygen atoms in total. The molecule has 202 valence electrons. The van der Waals surface area contributed by atoms with Gasteiger partial charge in [-0.25, -0.2) is 0 Å². The number of carbonyl (C=O) groups is 2. The van der Waals surface area contributed by atoms with Crippen molar-refractivity contribution in [1.29, 1.82) is 0 Å². The number of nitrogens with zero attached hydrogens (tertiary/aromatic N) is 1. The summed E-state index contributed by atoms with van der Waals surface area (Å²) in [7, 11) is 0. The molecule has 0 unspecified atom stereocenters. The Morgan fingerprint density at radius 1 is 0.974 bits per heavy atom. The van der Waals surface area contributed by atoms with Crippen LogP contribution in [-0.2, 0) is 22.6 Å². The van der Waals surface area contributed by atoms with Gasteiger partial charge in [-0.3, -0.25) is 9.59 Å². The lowest BCUT2D eigenvalue weighted by Crippen LogP contribution is -2.52. The number of carbonyl (C=O) groups excluding carboxylic acids is 2. The Kier molecular flexibility index (Phi) is 11.2. The molecule has 0 radical (unpaired) electrons. The molecule has 1 N–H and O–H groups in total. The molecular formula is C31H36BrClN2O3. The molecule has 7 heteroatoms. The van der Waals surface area contributed by atoms with E-state index in [2.05, 4.69) is 35.1 Å². The molecule has 1 atom stereocenters. The Morgan fingerprint density at radius 3 is 2.29 bits per heavy atom. The van der Waals surface area contributed by atoms with Crippen LogP contribution in [0.4, 0.5) is 0 Å². The second kappa shape index (κ2) is 14.4. The summed E-state index contributed by atoms with van der Waals surface area (Å²) in [6.45, 7) is 8.80. The molecule has 0 aromatic heterocycles. The van der Waals surface area contributed by atoms with E-state index in [0.29, 0.717) is 29.7 Å². The molecule has 3 aromatic rings. The molecule has 0 saturated carbocycles. The predicted molar refractivity (Wildman–Crippen MR) is 158 cm³/mol. The van der Waals surface area contributed by atoms with Gasteiger partial charge in [-0.15, -0.1) is 0 Å². The average Bonchev–Trinajstić information content (AvgIpc) is 2.89. The van der Waals surface area contributed by atoms with E-state index < -0.39 is 6.04 Å². The van der Waals surface area contributed by atoms with Crippen LogP contribution in [0, 0.1) is 5.92 Å². The van der Waals surface area contributed by atoms with Crippen LogP contribution >= 0.6 is 27.5 Å². The highest BCUT2D eigenvalue weighted by atomic mass is 79.9. The Hall–Kier alpha value is -2.83. The van der Waals surface area contributed by atoms with Gasteiger partial charge in [0.15, 0.2) is 6.61 Å². The summed E-state index contributed by atoms with van der Waals surface area (Å²) < 4.78 is 6.74. The first-order chi connectivity index (χ1) is 18.2. The van der Waals surface area contributed by atoms with E-state index in [0.717, 1.165) is 15.6 Å². The lowest BCUT2D eigenvalue weighted by atomic mass is 10.0. The standard InChI is InChI=1S/C31H36BrClN2O3/c1-21(2)18-34-31(37)28(16-23-10-6-5-7-11-23)35(19-25-12-8-9-13-27(25)33)30(36)20-38-29-15-14-24(22(3)4)17-26(29)32/h5-15,17,21-22,28H,16,18-20H2,1-4H3,(H,34,37)/t28-/m0/s1. The zero-order valence-corrected chi connectivity index (χ0v) is 24.8. The average molecular weight is 600 g/mol. The number of amides is 2. The number of ether oxygens (including phenoxy) is 1. The predicted octanol–water partition coefficient (Wildman–Crippen LogP) is 7.02. The van der Waals surface area contributed by atoms with Gasteiger partial charge in [0.25, 0.3) is 5.91 Å². The maximum Gasteiger partial charge on any atom is 0.261 e. The van der Waals surface area contributed by atoms with Crippen LogP contribution in [0.1, 0.15) is 50.3 Å². The molecule has 0 saturated heterocycles. The smallest absolute Gasteiger partial charge is 0.261 e. The fraction of sp³-hybridized carbons (Fsp3) is 0.355. The van der Waals surface area contributed by atoms with Crippen molar-refractivity contribution in [3.8, 4) is 5.75 Å². The number of rotatable bonds is 12. The summed E-state index contributed by atoms with van der Waals surface area (Å²) in [6.07, 6.45) is 0.369. The van der Waals surface area contributed by atoms with Crippen molar-refractivity contribution in [3.05, 3.63) is 99.0 Å². The zero-order valence-electron chi connectivity index (χ0n) is 22.4.